The van der Waals surface area contributed by atoms with Gasteiger partial charge in [-0.25, -0.2) is 4.98 Å². The molecule has 0 fully saturated rings. The average molecular weight is 629 g/mol. The number of fused-ring (bicyclic) bond motifs is 6. The maximum Gasteiger partial charge on any atom is 0.227 e. The second-order valence-corrected chi connectivity index (χ2v) is 12.4. The summed E-state index contributed by atoms with van der Waals surface area (Å²) in [5.74, 6) is 0.574. The molecule has 0 unspecified atom stereocenters. The SMILES string of the molecule is c1ccc(-c2ccc(N(c3ccc4ccccc4c3)c3c4ccccc4cc4oc5cc(-c6nc7ccccc7o6)ccc5c34)cc2)cc1. The Bertz CT molecular complexity index is 2800. The van der Waals surface area contributed by atoms with Crippen LogP contribution in [0.5, 0.6) is 0 Å². The maximum atomic E-state index is 6.71. The second-order valence-electron chi connectivity index (χ2n) is 12.4. The van der Waals surface area contributed by atoms with Crippen LogP contribution in [0, 0.1) is 0 Å². The van der Waals surface area contributed by atoms with Gasteiger partial charge in [0.25, 0.3) is 0 Å². The van der Waals surface area contributed by atoms with Crippen LogP contribution in [-0.2, 0) is 0 Å². The normalized spacial score (nSPS) is 11.7. The van der Waals surface area contributed by atoms with Crippen molar-refractivity contribution in [3.63, 3.8) is 0 Å². The zero-order chi connectivity index (χ0) is 32.3. The Hall–Kier alpha value is -6.65. The van der Waals surface area contributed by atoms with Crippen molar-refractivity contribution in [1.29, 1.82) is 0 Å². The Morgan fingerprint density at radius 2 is 1.10 bits per heavy atom. The van der Waals surface area contributed by atoms with E-state index in [2.05, 4.69) is 144 Å². The van der Waals surface area contributed by atoms with Crippen LogP contribution in [0.25, 0.3) is 77.2 Å². The number of oxazole rings is 1. The van der Waals surface area contributed by atoms with E-state index >= 15 is 0 Å². The molecule has 0 aliphatic carbocycles. The van der Waals surface area contributed by atoms with Crippen molar-refractivity contribution < 1.29 is 8.83 Å². The number of rotatable bonds is 5. The third-order valence-electron chi connectivity index (χ3n) is 9.44. The molecule has 0 N–H and O–H groups in total. The van der Waals surface area contributed by atoms with E-state index in [0.29, 0.717) is 5.89 Å². The standard InChI is InChI=1S/C45H28N2O2/c1-2-10-29(11-3-1)31-18-22-35(23-19-31)47(36-24-20-30-12-4-5-13-32(30)26-36)44-37-15-7-6-14-33(37)27-42-43(44)38-25-21-34(28-41(38)48-42)45-46-39-16-8-9-17-40(39)49-45/h1-28H. The van der Waals surface area contributed by atoms with Crippen LogP contribution in [0.2, 0.25) is 0 Å². The molecule has 0 bridgehead atoms. The highest BCUT2D eigenvalue weighted by Gasteiger charge is 2.23. The lowest BCUT2D eigenvalue weighted by Crippen LogP contribution is -2.11. The third-order valence-corrected chi connectivity index (χ3v) is 9.44. The van der Waals surface area contributed by atoms with Crippen LogP contribution in [0.1, 0.15) is 0 Å². The lowest BCUT2D eigenvalue weighted by atomic mass is 9.99. The van der Waals surface area contributed by atoms with Crippen molar-refractivity contribution in [3.05, 3.63) is 170 Å². The fourth-order valence-electron chi connectivity index (χ4n) is 7.09. The average Bonchev–Trinajstić information content (AvgIpc) is 3.76. The Morgan fingerprint density at radius 1 is 0.408 bits per heavy atom. The molecular formula is C45H28N2O2. The van der Waals surface area contributed by atoms with Gasteiger partial charge in [-0.1, -0.05) is 109 Å². The fourth-order valence-corrected chi connectivity index (χ4v) is 7.09. The molecule has 8 aromatic carbocycles. The van der Waals surface area contributed by atoms with E-state index < -0.39 is 0 Å². The number of aromatic nitrogens is 1. The lowest BCUT2D eigenvalue weighted by Gasteiger charge is -2.28. The first-order valence-electron chi connectivity index (χ1n) is 16.5. The van der Waals surface area contributed by atoms with Crippen LogP contribution in [0.3, 0.4) is 0 Å². The summed E-state index contributed by atoms with van der Waals surface area (Å²) in [6.45, 7) is 0. The molecule has 230 valence electrons. The fraction of sp³-hybridized carbons (Fsp3) is 0. The van der Waals surface area contributed by atoms with E-state index in [-0.39, 0.29) is 0 Å². The maximum absolute atomic E-state index is 6.71. The molecular weight excluding hydrogens is 601 g/mol. The van der Waals surface area contributed by atoms with Gasteiger partial charge in [-0.15, -0.1) is 0 Å². The molecule has 4 heteroatoms. The van der Waals surface area contributed by atoms with Crippen molar-refractivity contribution in [3.8, 4) is 22.6 Å². The first-order valence-corrected chi connectivity index (χ1v) is 16.5. The van der Waals surface area contributed by atoms with E-state index in [0.717, 1.165) is 66.4 Å². The molecule has 0 radical (unpaired) electrons. The van der Waals surface area contributed by atoms with Gasteiger partial charge >= 0.3 is 0 Å². The summed E-state index contributed by atoms with van der Waals surface area (Å²) in [5.41, 5.74) is 9.64. The van der Waals surface area contributed by atoms with E-state index in [1.165, 1.54) is 21.9 Å². The van der Waals surface area contributed by atoms with E-state index in [4.69, 9.17) is 13.8 Å². The molecule has 4 nitrogen and oxygen atoms in total. The second kappa shape index (κ2) is 11.0. The largest absolute Gasteiger partial charge is 0.456 e. The molecule has 10 aromatic rings. The first-order chi connectivity index (χ1) is 24.3. The van der Waals surface area contributed by atoms with Crippen molar-refractivity contribution in [2.45, 2.75) is 0 Å². The Kier molecular flexibility index (Phi) is 6.15. The molecule has 49 heavy (non-hydrogen) atoms. The summed E-state index contributed by atoms with van der Waals surface area (Å²) in [6.07, 6.45) is 0. The minimum Gasteiger partial charge on any atom is -0.456 e. The summed E-state index contributed by atoms with van der Waals surface area (Å²) < 4.78 is 12.8. The summed E-state index contributed by atoms with van der Waals surface area (Å²) in [6, 6.07) is 59.4. The highest BCUT2D eigenvalue weighted by molar-refractivity contribution is 6.22. The molecule has 0 atom stereocenters. The smallest absolute Gasteiger partial charge is 0.227 e. The lowest BCUT2D eigenvalue weighted by molar-refractivity contribution is 0.619. The summed E-state index contributed by atoms with van der Waals surface area (Å²) >= 11 is 0. The topological polar surface area (TPSA) is 42.4 Å². The zero-order valence-corrected chi connectivity index (χ0v) is 26.4. The summed E-state index contributed by atoms with van der Waals surface area (Å²) in [4.78, 5) is 7.14. The molecule has 0 saturated carbocycles. The quantitative estimate of drug-likeness (QED) is 0.190. The number of benzene rings is 8. The predicted molar refractivity (Wildman–Crippen MR) is 202 cm³/mol. The van der Waals surface area contributed by atoms with Crippen molar-refractivity contribution >= 4 is 71.6 Å². The minimum absolute atomic E-state index is 0.574. The Morgan fingerprint density at radius 3 is 1.96 bits per heavy atom. The van der Waals surface area contributed by atoms with Gasteiger partial charge < -0.3 is 13.7 Å². The van der Waals surface area contributed by atoms with Gasteiger partial charge in [0.1, 0.15) is 16.7 Å². The number of anilines is 3. The highest BCUT2D eigenvalue weighted by atomic mass is 16.3. The third kappa shape index (κ3) is 4.57. The van der Waals surface area contributed by atoms with E-state index in [9.17, 15) is 0 Å². The van der Waals surface area contributed by atoms with Gasteiger partial charge in [-0.05, 0) is 87.9 Å². The Labute approximate surface area is 282 Å². The van der Waals surface area contributed by atoms with Crippen LogP contribution >= 0.6 is 0 Å². The van der Waals surface area contributed by atoms with Crippen molar-refractivity contribution in [1.82, 2.24) is 4.98 Å². The molecule has 2 aromatic heterocycles. The summed E-state index contributed by atoms with van der Waals surface area (Å²) in [7, 11) is 0. The first kappa shape index (κ1) is 27.5. The van der Waals surface area contributed by atoms with Crippen LogP contribution in [-0.4, -0.2) is 4.98 Å². The molecule has 0 saturated heterocycles. The molecule has 0 spiro atoms. The van der Waals surface area contributed by atoms with Gasteiger partial charge in [-0.2, -0.15) is 0 Å². The van der Waals surface area contributed by atoms with E-state index in [1.807, 2.05) is 30.3 Å². The molecule has 0 aliphatic heterocycles. The van der Waals surface area contributed by atoms with Gasteiger partial charge in [0, 0.05) is 27.7 Å². The zero-order valence-electron chi connectivity index (χ0n) is 26.4. The van der Waals surface area contributed by atoms with Crippen LogP contribution < -0.4 is 4.90 Å². The van der Waals surface area contributed by atoms with Crippen LogP contribution in [0.4, 0.5) is 17.1 Å². The molecule has 2 heterocycles. The minimum atomic E-state index is 0.574. The van der Waals surface area contributed by atoms with Gasteiger partial charge in [0.2, 0.25) is 5.89 Å². The number of hydrogen-bond donors (Lipinski definition) is 0. The van der Waals surface area contributed by atoms with Crippen molar-refractivity contribution in [2.24, 2.45) is 0 Å². The predicted octanol–water partition coefficient (Wildman–Crippen LogP) is 12.8. The van der Waals surface area contributed by atoms with Crippen LogP contribution in [0.15, 0.2) is 179 Å². The summed E-state index contributed by atoms with van der Waals surface area (Å²) in [5, 5.41) is 6.72. The molecule has 10 rings (SSSR count). The number of para-hydroxylation sites is 2. The highest BCUT2D eigenvalue weighted by Crippen LogP contribution is 2.48. The van der Waals surface area contributed by atoms with Gasteiger partial charge in [0.05, 0.1) is 11.1 Å². The number of nitrogens with zero attached hydrogens (tertiary/aromatic N) is 2. The monoisotopic (exact) mass is 628 g/mol. The van der Waals surface area contributed by atoms with E-state index in [1.54, 1.807) is 0 Å². The molecule has 0 aliphatic rings. The van der Waals surface area contributed by atoms with Gasteiger partial charge in [0.15, 0.2) is 5.58 Å². The number of furan rings is 1. The van der Waals surface area contributed by atoms with Gasteiger partial charge in [-0.3, -0.25) is 0 Å². The Balaban J connectivity index is 1.24. The molecule has 0 amide bonds. The number of hydrogen-bond acceptors (Lipinski definition) is 4. The van der Waals surface area contributed by atoms with Crippen molar-refractivity contribution in [2.75, 3.05) is 4.90 Å².